The van der Waals surface area contributed by atoms with Crippen molar-refractivity contribution >= 4 is 23.2 Å². The Balaban J connectivity index is 1.59. The van der Waals surface area contributed by atoms with Gasteiger partial charge in [-0.1, -0.05) is 47.5 Å². The van der Waals surface area contributed by atoms with E-state index in [0.717, 1.165) is 0 Å². The van der Waals surface area contributed by atoms with Crippen molar-refractivity contribution in [2.45, 2.75) is 37.0 Å². The van der Waals surface area contributed by atoms with Crippen molar-refractivity contribution in [3.63, 3.8) is 0 Å². The van der Waals surface area contributed by atoms with Gasteiger partial charge in [-0.25, -0.2) is 0 Å². The first-order valence-corrected chi connectivity index (χ1v) is 9.68. The maximum atomic E-state index is 10.8. The van der Waals surface area contributed by atoms with Crippen LogP contribution in [0.5, 0.6) is 0 Å². The number of hydrogen-bond acceptors (Lipinski definition) is 6. The number of fused-ring (bicyclic) bond motifs is 2. The summed E-state index contributed by atoms with van der Waals surface area (Å²) >= 11 is 12.1. The van der Waals surface area contributed by atoms with Gasteiger partial charge in [0.05, 0.1) is 13.2 Å². The SMILES string of the molecule is O[C@@H]1[C@H]2OC(c3cccc(Cl)c3)OC[C@H]1OC(c1cccc(Cl)c1)OC[C@@H]2O. The highest BCUT2D eigenvalue weighted by molar-refractivity contribution is 6.30. The van der Waals surface area contributed by atoms with Crippen molar-refractivity contribution in [1.82, 2.24) is 0 Å². The molecule has 0 aromatic heterocycles. The highest BCUT2D eigenvalue weighted by Crippen LogP contribution is 2.34. The van der Waals surface area contributed by atoms with Crippen molar-refractivity contribution in [2.75, 3.05) is 13.2 Å². The molecule has 2 aromatic rings. The fourth-order valence-electron chi connectivity index (χ4n) is 3.33. The molecule has 2 aliphatic rings. The highest BCUT2D eigenvalue weighted by Gasteiger charge is 2.43. The molecule has 2 aromatic carbocycles. The highest BCUT2D eigenvalue weighted by atomic mass is 35.5. The second-order valence-electron chi connectivity index (χ2n) is 6.77. The van der Waals surface area contributed by atoms with E-state index < -0.39 is 37.0 Å². The summed E-state index contributed by atoms with van der Waals surface area (Å²) in [5.41, 5.74) is 1.37. The first-order chi connectivity index (χ1) is 13.5. The van der Waals surface area contributed by atoms with Crippen LogP contribution in [0.2, 0.25) is 10.0 Å². The number of benzene rings is 2. The Morgan fingerprint density at radius 3 is 1.96 bits per heavy atom. The Kier molecular flexibility index (Phi) is 6.20. The van der Waals surface area contributed by atoms with Gasteiger partial charge >= 0.3 is 0 Å². The van der Waals surface area contributed by atoms with Crippen LogP contribution in [0.3, 0.4) is 0 Å². The van der Waals surface area contributed by atoms with E-state index in [4.69, 9.17) is 42.1 Å². The number of hydrogen-bond donors (Lipinski definition) is 2. The van der Waals surface area contributed by atoms with E-state index in [0.29, 0.717) is 21.2 Å². The van der Waals surface area contributed by atoms with E-state index in [1.165, 1.54) is 0 Å². The maximum absolute atomic E-state index is 10.8. The molecule has 0 saturated carbocycles. The van der Waals surface area contributed by atoms with Crippen LogP contribution in [-0.4, -0.2) is 47.8 Å². The number of rotatable bonds is 2. The van der Waals surface area contributed by atoms with E-state index in [1.807, 2.05) is 0 Å². The number of ether oxygens (including phenoxy) is 4. The lowest BCUT2D eigenvalue weighted by Crippen LogP contribution is -2.50. The van der Waals surface area contributed by atoms with Gasteiger partial charge in [-0.3, -0.25) is 0 Å². The van der Waals surface area contributed by atoms with Gasteiger partial charge in [0, 0.05) is 21.2 Å². The Labute approximate surface area is 172 Å². The molecule has 4 rings (SSSR count). The molecule has 2 N–H and O–H groups in total. The van der Waals surface area contributed by atoms with Crippen LogP contribution in [0.1, 0.15) is 23.7 Å². The second-order valence-corrected chi connectivity index (χ2v) is 7.65. The van der Waals surface area contributed by atoms with Crippen molar-refractivity contribution in [3.05, 3.63) is 69.7 Å². The molecule has 6 atom stereocenters. The van der Waals surface area contributed by atoms with Gasteiger partial charge in [0.1, 0.15) is 24.4 Å². The number of halogens is 2. The fraction of sp³-hybridized carbons (Fsp3) is 0.400. The molecule has 2 bridgehead atoms. The summed E-state index contributed by atoms with van der Waals surface area (Å²) in [5, 5.41) is 22.4. The summed E-state index contributed by atoms with van der Waals surface area (Å²) in [4.78, 5) is 0. The minimum atomic E-state index is -1.11. The molecular formula is C20H20Cl2O6. The van der Waals surface area contributed by atoms with E-state index in [9.17, 15) is 10.2 Å². The normalized spacial score (nSPS) is 33.6. The Hall–Kier alpha value is -1.22. The Morgan fingerprint density at radius 2 is 1.36 bits per heavy atom. The average Bonchev–Trinajstić information content (AvgIpc) is 2.85. The molecule has 28 heavy (non-hydrogen) atoms. The van der Waals surface area contributed by atoms with Crippen LogP contribution in [0, 0.1) is 0 Å². The van der Waals surface area contributed by atoms with Crippen LogP contribution < -0.4 is 0 Å². The van der Waals surface area contributed by atoms with Crippen LogP contribution in [0.15, 0.2) is 48.5 Å². The summed E-state index contributed by atoms with van der Waals surface area (Å²) in [6.07, 6.45) is -5.51. The topological polar surface area (TPSA) is 77.4 Å². The molecule has 0 radical (unpaired) electrons. The molecule has 2 heterocycles. The lowest BCUT2D eigenvalue weighted by Gasteiger charge is -2.35. The molecule has 2 fully saturated rings. The van der Waals surface area contributed by atoms with E-state index in [1.54, 1.807) is 48.5 Å². The third kappa shape index (κ3) is 4.35. The first kappa shape index (κ1) is 20.1. The molecule has 8 heteroatoms. The number of aliphatic hydroxyl groups excluding tert-OH is 2. The predicted octanol–water partition coefficient (Wildman–Crippen LogP) is 3.24. The zero-order valence-corrected chi connectivity index (χ0v) is 16.3. The van der Waals surface area contributed by atoms with Crippen LogP contribution in [0.25, 0.3) is 0 Å². The average molecular weight is 427 g/mol. The molecule has 0 amide bonds. The molecule has 2 unspecified atom stereocenters. The van der Waals surface area contributed by atoms with E-state index in [2.05, 4.69) is 0 Å². The fourth-order valence-corrected chi connectivity index (χ4v) is 3.73. The minimum Gasteiger partial charge on any atom is -0.388 e. The van der Waals surface area contributed by atoms with E-state index in [-0.39, 0.29) is 13.2 Å². The Bertz CT molecular complexity index is 775. The third-order valence-electron chi connectivity index (χ3n) is 4.75. The lowest BCUT2D eigenvalue weighted by atomic mass is 10.0. The largest absolute Gasteiger partial charge is 0.388 e. The smallest absolute Gasteiger partial charge is 0.184 e. The lowest BCUT2D eigenvalue weighted by molar-refractivity contribution is -0.252. The molecule has 6 nitrogen and oxygen atoms in total. The van der Waals surface area contributed by atoms with Crippen LogP contribution in [-0.2, 0) is 18.9 Å². The molecule has 150 valence electrons. The van der Waals surface area contributed by atoms with Crippen molar-refractivity contribution < 1.29 is 29.2 Å². The van der Waals surface area contributed by atoms with Crippen LogP contribution >= 0.6 is 23.2 Å². The monoisotopic (exact) mass is 426 g/mol. The van der Waals surface area contributed by atoms with Gasteiger partial charge in [-0.05, 0) is 24.3 Å². The summed E-state index contributed by atoms with van der Waals surface area (Å²) in [6.45, 7) is -0.0457. The minimum absolute atomic E-state index is 0.0436. The predicted molar refractivity (Wildman–Crippen MR) is 102 cm³/mol. The van der Waals surface area contributed by atoms with Crippen molar-refractivity contribution in [1.29, 1.82) is 0 Å². The van der Waals surface area contributed by atoms with Gasteiger partial charge in [0.15, 0.2) is 12.6 Å². The third-order valence-corrected chi connectivity index (χ3v) is 5.22. The molecular weight excluding hydrogens is 407 g/mol. The van der Waals surface area contributed by atoms with Gasteiger partial charge in [0.2, 0.25) is 0 Å². The van der Waals surface area contributed by atoms with Crippen molar-refractivity contribution in [2.24, 2.45) is 0 Å². The molecule has 2 saturated heterocycles. The summed E-state index contributed by atoms with van der Waals surface area (Å²) in [7, 11) is 0. The van der Waals surface area contributed by atoms with Gasteiger partial charge < -0.3 is 29.2 Å². The van der Waals surface area contributed by atoms with Gasteiger partial charge in [-0.15, -0.1) is 0 Å². The summed E-state index contributed by atoms with van der Waals surface area (Å²) in [6, 6.07) is 14.1. The standard InChI is InChI=1S/C20H20Cl2O6/c21-13-5-1-3-11(7-13)19-25-9-15(23)18-17(24)16(27-19)10-26-20(28-18)12-4-2-6-14(22)8-12/h1-8,15-20,23-24H,9-10H2/t15-,16+,17-,18-,19?,20?/m0/s1. The summed E-state index contributed by atoms with van der Waals surface area (Å²) in [5.74, 6) is 0. The summed E-state index contributed by atoms with van der Waals surface area (Å²) < 4.78 is 23.4. The molecule has 2 aliphatic heterocycles. The quantitative estimate of drug-likeness (QED) is 0.767. The zero-order valence-electron chi connectivity index (χ0n) is 14.8. The molecule has 0 aliphatic carbocycles. The van der Waals surface area contributed by atoms with E-state index >= 15 is 0 Å². The van der Waals surface area contributed by atoms with Gasteiger partial charge in [-0.2, -0.15) is 0 Å². The Morgan fingerprint density at radius 1 is 0.786 bits per heavy atom. The second kappa shape index (κ2) is 8.65. The van der Waals surface area contributed by atoms with Gasteiger partial charge in [0.25, 0.3) is 0 Å². The van der Waals surface area contributed by atoms with Crippen molar-refractivity contribution in [3.8, 4) is 0 Å². The maximum Gasteiger partial charge on any atom is 0.184 e. The first-order valence-electron chi connectivity index (χ1n) is 8.92. The zero-order chi connectivity index (χ0) is 19.7. The van der Waals surface area contributed by atoms with Crippen LogP contribution in [0.4, 0.5) is 0 Å². The number of aliphatic hydroxyl groups is 2. The molecule has 0 spiro atoms.